The summed E-state index contributed by atoms with van der Waals surface area (Å²) in [4.78, 5) is 11.3. The van der Waals surface area contributed by atoms with Crippen LogP contribution in [-0.2, 0) is 11.2 Å². The average molecular weight is 255 g/mol. The zero-order valence-corrected chi connectivity index (χ0v) is 11.5. The number of aliphatic hydroxyl groups excluding tert-OH is 1. The van der Waals surface area contributed by atoms with E-state index in [4.69, 9.17) is 0 Å². The third kappa shape index (κ3) is 3.29. The number of hydrogen-bond donors (Lipinski definition) is 2. The summed E-state index contributed by atoms with van der Waals surface area (Å²) in [6.07, 6.45) is -0.402. The number of aliphatic hydroxyl groups is 1. The van der Waals surface area contributed by atoms with Crippen LogP contribution in [0, 0.1) is 12.3 Å². The topological polar surface area (TPSA) is 88.2 Å². The number of nitrogens with zero attached hydrogens (tertiary/aromatic N) is 3. The van der Waals surface area contributed by atoms with Crippen LogP contribution in [0.25, 0.3) is 0 Å². The van der Waals surface area contributed by atoms with Crippen LogP contribution in [0.3, 0.4) is 0 Å². The lowest BCUT2D eigenvalue weighted by molar-refractivity contribution is -0.144. The van der Waals surface area contributed by atoms with Crippen molar-refractivity contribution in [1.82, 2.24) is 14.8 Å². The van der Waals surface area contributed by atoms with Crippen LogP contribution in [0.2, 0.25) is 0 Å². The fraction of sp³-hybridized carbons (Fsp3) is 0.750. The largest absolute Gasteiger partial charge is 0.480 e. The number of aryl methyl sites for hydroxylation is 1. The van der Waals surface area contributed by atoms with E-state index in [0.717, 1.165) is 0 Å². The molecule has 0 aliphatic heterocycles. The molecular formula is C12H21N3O3. The second-order valence-corrected chi connectivity index (χ2v) is 5.79. The fourth-order valence-corrected chi connectivity index (χ4v) is 1.90. The smallest absolute Gasteiger partial charge is 0.329 e. The van der Waals surface area contributed by atoms with Crippen LogP contribution in [0.1, 0.15) is 45.4 Å². The molecule has 0 bridgehead atoms. The van der Waals surface area contributed by atoms with Gasteiger partial charge in [0.05, 0.1) is 6.10 Å². The number of aliphatic carboxylic acids is 1. The molecule has 0 aliphatic rings. The predicted molar refractivity (Wildman–Crippen MR) is 66.3 cm³/mol. The van der Waals surface area contributed by atoms with Crippen LogP contribution in [0.15, 0.2) is 0 Å². The van der Waals surface area contributed by atoms with Gasteiger partial charge in [-0.1, -0.05) is 20.8 Å². The molecule has 0 amide bonds. The van der Waals surface area contributed by atoms with Gasteiger partial charge in [0.15, 0.2) is 6.04 Å². The first-order chi connectivity index (χ1) is 8.13. The van der Waals surface area contributed by atoms with Crippen LogP contribution in [0.5, 0.6) is 0 Å². The van der Waals surface area contributed by atoms with Gasteiger partial charge in [0.2, 0.25) is 0 Å². The number of rotatable bonds is 4. The van der Waals surface area contributed by atoms with E-state index >= 15 is 0 Å². The van der Waals surface area contributed by atoms with Crippen molar-refractivity contribution in [3.05, 3.63) is 11.6 Å². The van der Waals surface area contributed by atoms with E-state index in [9.17, 15) is 15.0 Å². The highest BCUT2D eigenvalue weighted by atomic mass is 16.4. The van der Waals surface area contributed by atoms with Crippen LogP contribution in [0.4, 0.5) is 0 Å². The molecule has 2 N–H and O–H groups in total. The predicted octanol–water partition coefficient (Wildman–Crippen LogP) is 1.18. The zero-order chi connectivity index (χ0) is 14.1. The van der Waals surface area contributed by atoms with E-state index < -0.39 is 18.1 Å². The molecule has 0 saturated heterocycles. The zero-order valence-electron chi connectivity index (χ0n) is 11.5. The third-order valence-corrected chi connectivity index (χ3v) is 2.61. The Hall–Kier alpha value is -1.43. The summed E-state index contributed by atoms with van der Waals surface area (Å²) in [5.74, 6) is 0.0129. The van der Waals surface area contributed by atoms with Gasteiger partial charge in [-0.25, -0.2) is 4.79 Å². The van der Waals surface area contributed by atoms with Crippen LogP contribution in [-0.4, -0.2) is 37.1 Å². The van der Waals surface area contributed by atoms with Crippen molar-refractivity contribution in [3.8, 4) is 0 Å². The number of carboxylic acid groups (broad SMARTS) is 1. The standard InChI is InChI=1S/C12H21N3O3/c1-7(16)10(11(17)18)15-8(2)13-14-9(15)6-12(3,4)5/h7,10,16H,6H2,1-5H3,(H,17,18). The highest BCUT2D eigenvalue weighted by Gasteiger charge is 2.30. The fourth-order valence-electron chi connectivity index (χ4n) is 1.90. The van der Waals surface area contributed by atoms with Gasteiger partial charge in [-0.05, 0) is 19.3 Å². The molecule has 1 heterocycles. The van der Waals surface area contributed by atoms with Gasteiger partial charge in [-0.3, -0.25) is 4.57 Å². The normalized spacial score (nSPS) is 15.4. The highest BCUT2D eigenvalue weighted by Crippen LogP contribution is 2.23. The summed E-state index contributed by atoms with van der Waals surface area (Å²) >= 11 is 0. The Balaban J connectivity index is 3.21. The highest BCUT2D eigenvalue weighted by molar-refractivity contribution is 5.72. The molecule has 0 saturated carbocycles. The number of hydrogen-bond acceptors (Lipinski definition) is 4. The maximum absolute atomic E-state index is 11.3. The molecule has 2 atom stereocenters. The van der Waals surface area contributed by atoms with Gasteiger partial charge in [0.25, 0.3) is 0 Å². The van der Waals surface area contributed by atoms with Crippen molar-refractivity contribution < 1.29 is 15.0 Å². The first-order valence-electron chi connectivity index (χ1n) is 5.95. The van der Waals surface area contributed by atoms with Crippen molar-refractivity contribution in [1.29, 1.82) is 0 Å². The molecule has 6 heteroatoms. The van der Waals surface area contributed by atoms with Gasteiger partial charge < -0.3 is 10.2 Å². The maximum atomic E-state index is 11.3. The van der Waals surface area contributed by atoms with E-state index in [1.807, 2.05) is 20.8 Å². The Kier molecular flexibility index (Phi) is 4.11. The van der Waals surface area contributed by atoms with E-state index in [0.29, 0.717) is 18.1 Å². The first-order valence-corrected chi connectivity index (χ1v) is 5.95. The first kappa shape index (κ1) is 14.6. The van der Waals surface area contributed by atoms with Crippen LogP contribution < -0.4 is 0 Å². The van der Waals surface area contributed by atoms with Crippen molar-refractivity contribution in [3.63, 3.8) is 0 Å². The van der Waals surface area contributed by atoms with Gasteiger partial charge in [0, 0.05) is 6.42 Å². The summed E-state index contributed by atoms with van der Waals surface area (Å²) in [6.45, 7) is 9.27. The van der Waals surface area contributed by atoms with Gasteiger partial charge in [-0.15, -0.1) is 10.2 Å². The Labute approximate surface area is 107 Å². The molecule has 0 fully saturated rings. The molecule has 18 heavy (non-hydrogen) atoms. The Bertz CT molecular complexity index is 432. The van der Waals surface area contributed by atoms with Gasteiger partial charge >= 0.3 is 5.97 Å². The van der Waals surface area contributed by atoms with Gasteiger partial charge in [-0.2, -0.15) is 0 Å². The molecule has 0 radical (unpaired) electrons. The minimum Gasteiger partial charge on any atom is -0.480 e. The summed E-state index contributed by atoms with van der Waals surface area (Å²) in [5, 5.41) is 26.8. The molecule has 1 aromatic heterocycles. The molecule has 0 aromatic carbocycles. The lowest BCUT2D eigenvalue weighted by Crippen LogP contribution is -2.32. The van der Waals surface area contributed by atoms with E-state index in [-0.39, 0.29) is 5.41 Å². The SMILES string of the molecule is Cc1nnc(CC(C)(C)C)n1C(C(=O)O)C(C)O. The van der Waals surface area contributed by atoms with Crippen molar-refractivity contribution >= 4 is 5.97 Å². The second-order valence-electron chi connectivity index (χ2n) is 5.79. The molecule has 1 aromatic rings. The minimum absolute atomic E-state index is 0.0288. The lowest BCUT2D eigenvalue weighted by Gasteiger charge is -2.23. The Morgan fingerprint density at radius 2 is 1.94 bits per heavy atom. The summed E-state index contributed by atoms with van der Waals surface area (Å²) in [5.41, 5.74) is -0.0288. The number of carbonyl (C=O) groups is 1. The number of carboxylic acids is 1. The summed E-state index contributed by atoms with van der Waals surface area (Å²) in [6, 6.07) is -1.04. The van der Waals surface area contributed by atoms with Crippen LogP contribution >= 0.6 is 0 Å². The van der Waals surface area contributed by atoms with Crippen molar-refractivity contribution in [2.75, 3.05) is 0 Å². The van der Waals surface area contributed by atoms with E-state index in [1.54, 1.807) is 6.92 Å². The van der Waals surface area contributed by atoms with Crippen molar-refractivity contribution in [2.45, 2.75) is 53.2 Å². The molecule has 6 nitrogen and oxygen atoms in total. The quantitative estimate of drug-likeness (QED) is 0.843. The third-order valence-electron chi connectivity index (χ3n) is 2.61. The monoisotopic (exact) mass is 255 g/mol. The molecular weight excluding hydrogens is 234 g/mol. The summed E-state index contributed by atoms with van der Waals surface area (Å²) < 4.78 is 1.51. The van der Waals surface area contributed by atoms with E-state index in [1.165, 1.54) is 11.5 Å². The van der Waals surface area contributed by atoms with Crippen molar-refractivity contribution in [2.24, 2.45) is 5.41 Å². The molecule has 1 rings (SSSR count). The minimum atomic E-state index is -1.08. The molecule has 2 unspecified atom stereocenters. The Morgan fingerprint density at radius 3 is 2.33 bits per heavy atom. The van der Waals surface area contributed by atoms with Gasteiger partial charge in [0.1, 0.15) is 11.6 Å². The van der Waals surface area contributed by atoms with E-state index in [2.05, 4.69) is 10.2 Å². The molecule has 0 spiro atoms. The average Bonchev–Trinajstić information content (AvgIpc) is 2.46. The maximum Gasteiger partial charge on any atom is 0.329 e. The summed E-state index contributed by atoms with van der Waals surface area (Å²) in [7, 11) is 0. The lowest BCUT2D eigenvalue weighted by atomic mass is 9.91. The number of aromatic nitrogens is 3. The molecule has 0 aliphatic carbocycles. The molecule has 102 valence electrons. The Morgan fingerprint density at radius 1 is 1.39 bits per heavy atom. The second kappa shape index (κ2) is 5.06.